The number of imidazole rings is 1. The standard InChI is InChI=1S/C20H14N4O3S/c25-19(9-4-14-2-1-3-17(12-14)24(26)27)21-16-7-5-15(6-8-16)18-13-23-10-11-28-20(23)22-18/h1-13H,(H,21,25). The fourth-order valence-electron chi connectivity index (χ4n) is 2.69. The summed E-state index contributed by atoms with van der Waals surface area (Å²) in [6.07, 6.45) is 6.80. The number of nitro groups is 1. The van der Waals surface area contributed by atoms with Crippen LogP contribution >= 0.6 is 11.3 Å². The van der Waals surface area contributed by atoms with E-state index in [0.29, 0.717) is 11.3 Å². The average molecular weight is 390 g/mol. The molecule has 2 heterocycles. The summed E-state index contributed by atoms with van der Waals surface area (Å²) in [5.41, 5.74) is 3.05. The molecule has 0 unspecified atom stereocenters. The van der Waals surface area contributed by atoms with Crippen molar-refractivity contribution in [2.24, 2.45) is 0 Å². The largest absolute Gasteiger partial charge is 0.323 e. The Morgan fingerprint density at radius 1 is 1.21 bits per heavy atom. The molecule has 0 aliphatic carbocycles. The lowest BCUT2D eigenvalue weighted by atomic mass is 10.1. The molecule has 4 rings (SSSR count). The van der Waals surface area contributed by atoms with Crippen molar-refractivity contribution in [1.29, 1.82) is 0 Å². The molecular formula is C20H14N4O3S. The highest BCUT2D eigenvalue weighted by Gasteiger charge is 2.06. The first kappa shape index (κ1) is 17.6. The third-order valence-electron chi connectivity index (χ3n) is 4.05. The molecule has 138 valence electrons. The minimum Gasteiger partial charge on any atom is -0.323 e. The molecule has 1 amide bonds. The zero-order chi connectivity index (χ0) is 19.5. The zero-order valence-corrected chi connectivity index (χ0v) is 15.3. The van der Waals surface area contributed by atoms with E-state index in [4.69, 9.17) is 0 Å². The van der Waals surface area contributed by atoms with E-state index in [1.54, 1.807) is 23.5 Å². The molecule has 0 radical (unpaired) electrons. The van der Waals surface area contributed by atoms with Crippen molar-refractivity contribution in [3.63, 3.8) is 0 Å². The van der Waals surface area contributed by atoms with Gasteiger partial charge in [-0.05, 0) is 23.8 Å². The van der Waals surface area contributed by atoms with Crippen LogP contribution in [0, 0.1) is 10.1 Å². The summed E-state index contributed by atoms with van der Waals surface area (Å²) in [5.74, 6) is -0.318. The van der Waals surface area contributed by atoms with Crippen LogP contribution in [-0.4, -0.2) is 20.2 Å². The van der Waals surface area contributed by atoms with Crippen molar-refractivity contribution in [3.05, 3.63) is 88.1 Å². The van der Waals surface area contributed by atoms with E-state index in [9.17, 15) is 14.9 Å². The van der Waals surface area contributed by atoms with Crippen LogP contribution in [0.4, 0.5) is 11.4 Å². The molecule has 28 heavy (non-hydrogen) atoms. The lowest BCUT2D eigenvalue weighted by molar-refractivity contribution is -0.384. The number of aromatic nitrogens is 2. The van der Waals surface area contributed by atoms with Gasteiger partial charge in [0.1, 0.15) is 0 Å². The van der Waals surface area contributed by atoms with Crippen LogP contribution in [0.3, 0.4) is 0 Å². The van der Waals surface area contributed by atoms with Crippen LogP contribution in [0.1, 0.15) is 5.56 Å². The Hall–Kier alpha value is -3.78. The Labute approximate surface area is 163 Å². The van der Waals surface area contributed by atoms with E-state index >= 15 is 0 Å². The summed E-state index contributed by atoms with van der Waals surface area (Å²) in [5, 5.41) is 15.5. The number of amides is 1. The van der Waals surface area contributed by atoms with E-state index in [0.717, 1.165) is 16.2 Å². The summed E-state index contributed by atoms with van der Waals surface area (Å²) in [6, 6.07) is 13.5. The fourth-order valence-corrected chi connectivity index (χ4v) is 3.39. The van der Waals surface area contributed by atoms with Gasteiger partial charge in [0.05, 0.1) is 10.6 Å². The van der Waals surface area contributed by atoms with Crippen LogP contribution in [0.5, 0.6) is 0 Å². The second-order valence-electron chi connectivity index (χ2n) is 5.97. The molecule has 0 spiro atoms. The number of nitrogens with zero attached hydrogens (tertiary/aromatic N) is 3. The lowest BCUT2D eigenvalue weighted by Crippen LogP contribution is -2.07. The van der Waals surface area contributed by atoms with E-state index in [2.05, 4.69) is 10.3 Å². The molecule has 0 saturated carbocycles. The van der Waals surface area contributed by atoms with E-state index in [1.165, 1.54) is 24.3 Å². The zero-order valence-electron chi connectivity index (χ0n) is 14.5. The Bertz CT molecular complexity index is 1160. The summed E-state index contributed by atoms with van der Waals surface area (Å²) in [6.45, 7) is 0. The number of non-ortho nitro benzene ring substituents is 1. The second kappa shape index (κ2) is 7.45. The third kappa shape index (κ3) is 3.81. The molecule has 0 saturated heterocycles. The Balaban J connectivity index is 1.42. The molecule has 4 aromatic rings. The van der Waals surface area contributed by atoms with Gasteiger partial charge in [0, 0.05) is 47.2 Å². The van der Waals surface area contributed by atoms with Gasteiger partial charge in [-0.25, -0.2) is 4.98 Å². The number of benzene rings is 2. The summed E-state index contributed by atoms with van der Waals surface area (Å²) in [4.78, 5) is 27.9. The maximum absolute atomic E-state index is 12.1. The summed E-state index contributed by atoms with van der Waals surface area (Å²) in [7, 11) is 0. The van der Waals surface area contributed by atoms with Crippen molar-refractivity contribution in [2.45, 2.75) is 0 Å². The summed E-state index contributed by atoms with van der Waals surface area (Å²) >= 11 is 1.57. The topological polar surface area (TPSA) is 89.5 Å². The molecule has 0 atom stereocenters. The van der Waals surface area contributed by atoms with Gasteiger partial charge < -0.3 is 5.32 Å². The van der Waals surface area contributed by atoms with Gasteiger partial charge in [0.25, 0.3) is 5.69 Å². The minimum atomic E-state index is -0.470. The number of carbonyl (C=O) groups excluding carboxylic acids is 1. The van der Waals surface area contributed by atoms with Crippen molar-refractivity contribution in [2.75, 3.05) is 5.32 Å². The Kier molecular flexibility index (Phi) is 4.69. The number of anilines is 1. The highest BCUT2D eigenvalue weighted by Crippen LogP contribution is 2.23. The van der Waals surface area contributed by atoms with Gasteiger partial charge in [-0.15, -0.1) is 11.3 Å². The van der Waals surface area contributed by atoms with Crippen LogP contribution in [0.15, 0.2) is 72.4 Å². The lowest BCUT2D eigenvalue weighted by Gasteiger charge is -2.03. The summed E-state index contributed by atoms with van der Waals surface area (Å²) < 4.78 is 1.97. The van der Waals surface area contributed by atoms with Gasteiger partial charge in [-0.3, -0.25) is 19.3 Å². The Morgan fingerprint density at radius 3 is 2.79 bits per heavy atom. The first-order valence-electron chi connectivity index (χ1n) is 8.35. The van der Waals surface area contributed by atoms with Crippen molar-refractivity contribution in [1.82, 2.24) is 9.38 Å². The third-order valence-corrected chi connectivity index (χ3v) is 4.82. The number of fused-ring (bicyclic) bond motifs is 1. The number of nitro benzene ring substituents is 1. The van der Waals surface area contributed by atoms with Gasteiger partial charge in [0.15, 0.2) is 4.96 Å². The molecule has 0 bridgehead atoms. The van der Waals surface area contributed by atoms with Crippen LogP contribution in [-0.2, 0) is 4.79 Å². The molecular weight excluding hydrogens is 376 g/mol. The fraction of sp³-hybridized carbons (Fsp3) is 0. The monoisotopic (exact) mass is 390 g/mol. The van der Waals surface area contributed by atoms with Gasteiger partial charge in [0.2, 0.25) is 5.91 Å². The van der Waals surface area contributed by atoms with E-state index in [1.807, 2.05) is 46.4 Å². The van der Waals surface area contributed by atoms with Crippen LogP contribution < -0.4 is 5.32 Å². The van der Waals surface area contributed by atoms with Crippen molar-refractivity contribution < 1.29 is 9.72 Å². The average Bonchev–Trinajstić information content (AvgIpc) is 3.29. The smallest absolute Gasteiger partial charge is 0.270 e. The van der Waals surface area contributed by atoms with Crippen molar-refractivity contribution >= 4 is 39.7 Å². The second-order valence-corrected chi connectivity index (χ2v) is 6.84. The molecule has 2 aromatic carbocycles. The molecule has 0 aliphatic heterocycles. The van der Waals surface area contributed by atoms with E-state index in [-0.39, 0.29) is 11.6 Å². The highest BCUT2D eigenvalue weighted by atomic mass is 32.1. The predicted octanol–water partition coefficient (Wildman–Crippen LogP) is 4.62. The maximum atomic E-state index is 12.1. The first-order valence-corrected chi connectivity index (χ1v) is 9.23. The highest BCUT2D eigenvalue weighted by molar-refractivity contribution is 7.15. The van der Waals surface area contributed by atoms with Gasteiger partial charge >= 0.3 is 0 Å². The van der Waals surface area contributed by atoms with E-state index < -0.39 is 4.92 Å². The normalized spacial score (nSPS) is 11.1. The maximum Gasteiger partial charge on any atom is 0.270 e. The van der Waals surface area contributed by atoms with Gasteiger partial charge in [-0.1, -0.05) is 24.3 Å². The number of hydrogen-bond donors (Lipinski definition) is 1. The molecule has 2 aromatic heterocycles. The molecule has 1 N–H and O–H groups in total. The number of rotatable bonds is 5. The number of nitrogens with one attached hydrogen (secondary N) is 1. The quantitative estimate of drug-likeness (QED) is 0.306. The van der Waals surface area contributed by atoms with Crippen molar-refractivity contribution in [3.8, 4) is 11.3 Å². The number of carbonyl (C=O) groups is 1. The predicted molar refractivity (Wildman–Crippen MR) is 109 cm³/mol. The molecule has 7 nitrogen and oxygen atoms in total. The van der Waals surface area contributed by atoms with Crippen LogP contribution in [0.2, 0.25) is 0 Å². The molecule has 0 fully saturated rings. The van der Waals surface area contributed by atoms with Crippen LogP contribution in [0.25, 0.3) is 22.3 Å². The minimum absolute atomic E-state index is 0.0164. The first-order chi connectivity index (χ1) is 13.6. The number of hydrogen-bond acceptors (Lipinski definition) is 5. The Morgan fingerprint density at radius 2 is 2.04 bits per heavy atom. The number of thiazole rings is 1. The SMILES string of the molecule is O=C(C=Cc1cccc([N+](=O)[O-])c1)Nc1ccc(-c2cn3ccsc3n2)cc1. The molecule has 0 aliphatic rings. The van der Waals surface area contributed by atoms with Gasteiger partial charge in [-0.2, -0.15) is 0 Å². The molecule has 8 heteroatoms.